The number of hydrogen-bond donors (Lipinski definition) is 1. The van der Waals surface area contributed by atoms with Gasteiger partial charge in [0.25, 0.3) is 5.91 Å². The van der Waals surface area contributed by atoms with Gasteiger partial charge in [0.15, 0.2) is 0 Å². The lowest BCUT2D eigenvalue weighted by molar-refractivity contribution is -0.136. The molecule has 3 aromatic carbocycles. The number of benzene rings is 3. The summed E-state index contributed by atoms with van der Waals surface area (Å²) in [4.78, 5) is 31.7. The molecule has 0 saturated heterocycles. The van der Waals surface area contributed by atoms with Crippen LogP contribution in [0.25, 0.3) is 0 Å². The van der Waals surface area contributed by atoms with Gasteiger partial charge in [-0.15, -0.1) is 0 Å². The standard InChI is InChI=1S/C29H23Cl2N3O4S/c30-20-10-13-23(31)26(18-20)38-28-22(4-3-15-32-28)29(37)33-16-17-34(25-6-2-1-5-24(25)33)39-21-11-7-19(8-12-21)9-14-27(35)36/h1-8,10-13,15,18H,9,14,16-17H2,(H,35,36). The number of nitrogens with zero attached hydrogens (tertiary/aromatic N) is 3. The molecular weight excluding hydrogens is 557 g/mol. The second-order valence-electron chi connectivity index (χ2n) is 8.71. The van der Waals surface area contributed by atoms with Crippen molar-refractivity contribution >= 4 is 58.4 Å². The molecule has 1 aromatic heterocycles. The minimum atomic E-state index is -0.810. The minimum Gasteiger partial charge on any atom is -0.481 e. The fraction of sp³-hybridized carbons (Fsp3) is 0.138. The molecule has 0 atom stereocenters. The summed E-state index contributed by atoms with van der Waals surface area (Å²) in [5, 5.41) is 9.73. The number of halogens is 2. The maximum Gasteiger partial charge on any atom is 0.303 e. The van der Waals surface area contributed by atoms with E-state index in [-0.39, 0.29) is 18.2 Å². The zero-order valence-electron chi connectivity index (χ0n) is 20.6. The van der Waals surface area contributed by atoms with Crippen LogP contribution in [0, 0.1) is 0 Å². The molecule has 1 N–H and O–H groups in total. The molecule has 2 heterocycles. The lowest BCUT2D eigenvalue weighted by Gasteiger charge is -2.37. The number of ether oxygens (including phenoxy) is 1. The third-order valence-corrected chi connectivity index (χ3v) is 7.71. The first-order valence-electron chi connectivity index (χ1n) is 12.1. The van der Waals surface area contributed by atoms with Crippen molar-refractivity contribution in [1.82, 2.24) is 4.98 Å². The third-order valence-electron chi connectivity index (χ3n) is 6.08. The highest BCUT2D eigenvalue weighted by Crippen LogP contribution is 2.40. The molecule has 0 bridgehead atoms. The van der Waals surface area contributed by atoms with Gasteiger partial charge in [0.2, 0.25) is 5.88 Å². The van der Waals surface area contributed by atoms with Crippen molar-refractivity contribution in [1.29, 1.82) is 0 Å². The summed E-state index contributed by atoms with van der Waals surface area (Å²) in [6.45, 7) is 1.04. The number of para-hydroxylation sites is 2. The fourth-order valence-corrected chi connectivity index (χ4v) is 5.43. The predicted octanol–water partition coefficient (Wildman–Crippen LogP) is 7.37. The number of amides is 1. The van der Waals surface area contributed by atoms with Gasteiger partial charge in [0.05, 0.1) is 16.4 Å². The normalized spacial score (nSPS) is 12.7. The van der Waals surface area contributed by atoms with E-state index < -0.39 is 5.97 Å². The second kappa shape index (κ2) is 12.0. The number of hydrogen-bond acceptors (Lipinski definition) is 6. The first-order valence-corrected chi connectivity index (χ1v) is 13.7. The number of carboxylic acids is 1. The van der Waals surface area contributed by atoms with Gasteiger partial charge in [0.1, 0.15) is 11.3 Å². The molecule has 0 aliphatic carbocycles. The van der Waals surface area contributed by atoms with Crippen LogP contribution in [-0.2, 0) is 11.2 Å². The summed E-state index contributed by atoms with van der Waals surface area (Å²) < 4.78 is 8.09. The first kappa shape index (κ1) is 26.9. The van der Waals surface area contributed by atoms with E-state index in [4.69, 9.17) is 33.0 Å². The number of aryl methyl sites for hydroxylation is 1. The molecular formula is C29H23Cl2N3O4S. The van der Waals surface area contributed by atoms with Gasteiger partial charge in [0, 0.05) is 41.7 Å². The van der Waals surface area contributed by atoms with Gasteiger partial charge in [-0.2, -0.15) is 0 Å². The number of carboxylic acid groups (broad SMARTS) is 1. The number of rotatable bonds is 8. The number of aromatic nitrogens is 1. The Morgan fingerprint density at radius 3 is 2.49 bits per heavy atom. The minimum absolute atomic E-state index is 0.103. The molecule has 198 valence electrons. The molecule has 1 aliphatic rings. The monoisotopic (exact) mass is 579 g/mol. The molecule has 1 amide bonds. The number of pyridine rings is 1. The lowest BCUT2D eigenvalue weighted by atomic mass is 10.1. The topological polar surface area (TPSA) is 83.0 Å². The van der Waals surface area contributed by atoms with E-state index >= 15 is 0 Å². The molecule has 0 unspecified atom stereocenters. The van der Waals surface area contributed by atoms with Crippen LogP contribution in [0.15, 0.2) is 90.0 Å². The lowest BCUT2D eigenvalue weighted by Crippen LogP contribution is -2.42. The Morgan fingerprint density at radius 1 is 0.949 bits per heavy atom. The average molecular weight is 580 g/mol. The smallest absolute Gasteiger partial charge is 0.303 e. The number of anilines is 2. The summed E-state index contributed by atoms with van der Waals surface area (Å²) in [6.07, 6.45) is 2.15. The maximum atomic E-state index is 13.8. The molecule has 0 saturated carbocycles. The summed E-state index contributed by atoms with van der Waals surface area (Å²) in [7, 11) is 0. The van der Waals surface area contributed by atoms with Crippen LogP contribution in [-0.4, -0.2) is 35.1 Å². The molecule has 0 fully saturated rings. The Hall–Kier alpha value is -3.72. The van der Waals surface area contributed by atoms with Gasteiger partial charge in [-0.3, -0.25) is 9.59 Å². The first-order chi connectivity index (χ1) is 18.9. The number of fused-ring (bicyclic) bond motifs is 1. The predicted molar refractivity (Wildman–Crippen MR) is 154 cm³/mol. The highest BCUT2D eigenvalue weighted by molar-refractivity contribution is 8.00. The Morgan fingerprint density at radius 2 is 1.72 bits per heavy atom. The van der Waals surface area contributed by atoms with Gasteiger partial charge >= 0.3 is 5.97 Å². The number of carbonyl (C=O) groups excluding carboxylic acids is 1. The molecule has 0 spiro atoms. The van der Waals surface area contributed by atoms with Crippen LogP contribution in [0.4, 0.5) is 11.4 Å². The van der Waals surface area contributed by atoms with Crippen molar-refractivity contribution in [2.24, 2.45) is 0 Å². The highest BCUT2D eigenvalue weighted by Gasteiger charge is 2.30. The van der Waals surface area contributed by atoms with Gasteiger partial charge < -0.3 is 19.0 Å². The van der Waals surface area contributed by atoms with Crippen LogP contribution in [0.2, 0.25) is 10.0 Å². The Labute approximate surface area is 240 Å². The third kappa shape index (κ3) is 6.30. The largest absolute Gasteiger partial charge is 0.481 e. The number of aliphatic carboxylic acids is 1. The second-order valence-corrected chi connectivity index (χ2v) is 10.6. The van der Waals surface area contributed by atoms with Gasteiger partial charge in [-0.1, -0.05) is 47.5 Å². The molecule has 4 aromatic rings. The van der Waals surface area contributed by atoms with Gasteiger partial charge in [-0.05, 0) is 72.5 Å². The Bertz CT molecular complexity index is 1520. The summed E-state index contributed by atoms with van der Waals surface area (Å²) in [6, 6.07) is 23.9. The van der Waals surface area contributed by atoms with Crippen LogP contribution in [0.5, 0.6) is 11.6 Å². The van der Waals surface area contributed by atoms with Gasteiger partial charge in [-0.25, -0.2) is 4.98 Å². The molecule has 10 heteroatoms. The van der Waals surface area contributed by atoms with Crippen molar-refractivity contribution in [3.63, 3.8) is 0 Å². The van der Waals surface area contributed by atoms with Crippen molar-refractivity contribution < 1.29 is 19.4 Å². The highest BCUT2D eigenvalue weighted by atomic mass is 35.5. The SMILES string of the molecule is O=C(O)CCc1ccc(SN2CCN(C(=O)c3cccnc3Oc3cc(Cl)ccc3Cl)c3ccccc32)cc1. The molecule has 39 heavy (non-hydrogen) atoms. The van der Waals surface area contributed by atoms with Crippen molar-refractivity contribution in [3.05, 3.63) is 106 Å². The molecule has 0 radical (unpaired) electrons. The van der Waals surface area contributed by atoms with E-state index in [2.05, 4.69) is 9.29 Å². The Balaban J connectivity index is 1.37. The van der Waals surface area contributed by atoms with Crippen LogP contribution >= 0.6 is 35.1 Å². The summed E-state index contributed by atoms with van der Waals surface area (Å²) >= 11 is 14.0. The van der Waals surface area contributed by atoms with E-state index in [1.807, 2.05) is 48.5 Å². The van der Waals surface area contributed by atoms with Crippen molar-refractivity contribution in [2.45, 2.75) is 17.7 Å². The molecule has 7 nitrogen and oxygen atoms in total. The molecule has 1 aliphatic heterocycles. The summed E-state index contributed by atoms with van der Waals surface area (Å²) in [5.74, 6) is -0.594. The van der Waals surface area contributed by atoms with E-state index in [0.717, 1.165) is 21.8 Å². The van der Waals surface area contributed by atoms with Crippen LogP contribution in [0.3, 0.4) is 0 Å². The van der Waals surface area contributed by atoms with E-state index in [9.17, 15) is 9.59 Å². The van der Waals surface area contributed by atoms with Crippen molar-refractivity contribution in [3.8, 4) is 11.6 Å². The Kier molecular flexibility index (Phi) is 8.26. The average Bonchev–Trinajstić information content (AvgIpc) is 2.95. The number of carbonyl (C=O) groups is 2. The van der Waals surface area contributed by atoms with Crippen LogP contribution in [0.1, 0.15) is 22.3 Å². The van der Waals surface area contributed by atoms with E-state index in [1.54, 1.807) is 53.4 Å². The van der Waals surface area contributed by atoms with E-state index in [1.165, 1.54) is 0 Å². The molecule has 5 rings (SSSR count). The van der Waals surface area contributed by atoms with E-state index in [0.29, 0.717) is 40.9 Å². The summed E-state index contributed by atoms with van der Waals surface area (Å²) in [5.41, 5.74) is 2.96. The maximum absolute atomic E-state index is 13.8. The zero-order valence-corrected chi connectivity index (χ0v) is 22.9. The zero-order chi connectivity index (χ0) is 27.4. The van der Waals surface area contributed by atoms with Crippen LogP contribution < -0.4 is 13.9 Å². The van der Waals surface area contributed by atoms with Crippen molar-refractivity contribution in [2.75, 3.05) is 22.3 Å². The fourth-order valence-electron chi connectivity index (χ4n) is 4.18. The quantitative estimate of drug-likeness (QED) is 0.218.